The minimum absolute atomic E-state index is 0. The zero-order valence-electron chi connectivity index (χ0n) is 16.6. The summed E-state index contributed by atoms with van der Waals surface area (Å²) in [5, 5.41) is 1.94. The van der Waals surface area contributed by atoms with E-state index in [1.807, 2.05) is 36.4 Å². The Kier molecular flexibility index (Phi) is 7.18. The van der Waals surface area contributed by atoms with Gasteiger partial charge in [0.15, 0.2) is 23.0 Å². The van der Waals surface area contributed by atoms with Gasteiger partial charge in [0, 0.05) is 17.9 Å². The third kappa shape index (κ3) is 4.17. The number of methoxy groups -OCH3 is 5. The van der Waals surface area contributed by atoms with Gasteiger partial charge in [-0.3, -0.25) is 0 Å². The Hall–Kier alpha value is -2.86. The molecule has 0 saturated heterocycles. The zero-order valence-corrected chi connectivity index (χ0v) is 17.4. The summed E-state index contributed by atoms with van der Waals surface area (Å²) >= 11 is 0. The van der Waals surface area contributed by atoms with Crippen molar-refractivity contribution in [3.63, 3.8) is 0 Å². The molecule has 0 N–H and O–H groups in total. The van der Waals surface area contributed by atoms with Crippen LogP contribution in [0.25, 0.3) is 10.8 Å². The Balaban J connectivity index is 0.00000280. The van der Waals surface area contributed by atoms with Crippen molar-refractivity contribution < 1.29 is 23.7 Å². The molecule has 0 fully saturated rings. The van der Waals surface area contributed by atoms with Crippen molar-refractivity contribution in [3.8, 4) is 28.9 Å². The van der Waals surface area contributed by atoms with E-state index in [2.05, 4.69) is 4.98 Å². The molecule has 0 aliphatic rings. The number of pyridine rings is 1. The normalized spacial score (nSPS) is 10.2. The van der Waals surface area contributed by atoms with Gasteiger partial charge in [-0.2, -0.15) is 0 Å². The van der Waals surface area contributed by atoms with Crippen LogP contribution in [0.2, 0.25) is 0 Å². The van der Waals surface area contributed by atoms with Crippen molar-refractivity contribution in [1.29, 1.82) is 0 Å². The lowest BCUT2D eigenvalue weighted by Gasteiger charge is -2.14. The zero-order chi connectivity index (χ0) is 19.4. The van der Waals surface area contributed by atoms with Crippen LogP contribution in [0.4, 0.5) is 0 Å². The second-order valence-electron chi connectivity index (χ2n) is 5.91. The average molecular weight is 406 g/mol. The topological polar surface area (TPSA) is 59.0 Å². The molecule has 0 bridgehead atoms. The summed E-state index contributed by atoms with van der Waals surface area (Å²) in [5.74, 6) is 3.24. The summed E-state index contributed by atoms with van der Waals surface area (Å²) in [6, 6.07) is 11.6. The molecule has 28 heavy (non-hydrogen) atoms. The summed E-state index contributed by atoms with van der Waals surface area (Å²) in [7, 11) is 8.09. The molecule has 0 spiro atoms. The molecule has 0 radical (unpaired) electrons. The van der Waals surface area contributed by atoms with Gasteiger partial charge in [0.25, 0.3) is 0 Å². The van der Waals surface area contributed by atoms with E-state index in [0.717, 1.165) is 22.0 Å². The Morgan fingerprint density at radius 1 is 0.679 bits per heavy atom. The second-order valence-corrected chi connectivity index (χ2v) is 5.91. The van der Waals surface area contributed by atoms with E-state index in [-0.39, 0.29) is 12.4 Å². The van der Waals surface area contributed by atoms with E-state index in [1.165, 1.54) is 0 Å². The summed E-state index contributed by atoms with van der Waals surface area (Å²) in [6.45, 7) is 0. The molecule has 0 amide bonds. The van der Waals surface area contributed by atoms with Crippen LogP contribution in [0.15, 0.2) is 36.4 Å². The third-order valence-electron chi connectivity index (χ3n) is 4.42. The molecule has 0 unspecified atom stereocenters. The largest absolute Gasteiger partial charge is 0.493 e. The van der Waals surface area contributed by atoms with Gasteiger partial charge in [0.05, 0.1) is 41.2 Å². The van der Waals surface area contributed by atoms with Crippen molar-refractivity contribution in [1.82, 2.24) is 4.98 Å². The number of aromatic nitrogens is 1. The predicted molar refractivity (Wildman–Crippen MR) is 111 cm³/mol. The monoisotopic (exact) mass is 405 g/mol. The summed E-state index contributed by atoms with van der Waals surface area (Å²) in [6.07, 6.45) is 0.601. The van der Waals surface area contributed by atoms with Crippen molar-refractivity contribution >= 4 is 23.2 Å². The van der Waals surface area contributed by atoms with Crippen LogP contribution in [0.3, 0.4) is 0 Å². The Morgan fingerprint density at radius 3 is 1.89 bits per heavy atom. The first-order valence-electron chi connectivity index (χ1n) is 8.44. The van der Waals surface area contributed by atoms with E-state index in [4.69, 9.17) is 23.7 Å². The van der Waals surface area contributed by atoms with E-state index < -0.39 is 0 Å². The van der Waals surface area contributed by atoms with Gasteiger partial charge in [0.1, 0.15) is 0 Å². The first kappa shape index (κ1) is 21.4. The van der Waals surface area contributed by atoms with Gasteiger partial charge in [-0.25, -0.2) is 4.98 Å². The lowest BCUT2D eigenvalue weighted by Crippen LogP contribution is -2.00. The van der Waals surface area contributed by atoms with Gasteiger partial charge in [0.2, 0.25) is 5.88 Å². The molecule has 6 nitrogen and oxygen atoms in total. The van der Waals surface area contributed by atoms with Crippen LogP contribution >= 0.6 is 12.4 Å². The van der Waals surface area contributed by atoms with Crippen LogP contribution in [0.5, 0.6) is 28.9 Å². The molecular formula is C21H24ClNO5. The number of hydrogen-bond acceptors (Lipinski definition) is 6. The highest BCUT2D eigenvalue weighted by atomic mass is 35.5. The average Bonchev–Trinajstić information content (AvgIpc) is 2.72. The standard InChI is InChI=1S/C21H23NO5.ClH/c1-23-17-7-6-13(9-18(17)24-2)8-16-15-12-20(26-4)19(25-3)10-14(15)11-21(22-16)27-5;/h6-7,9-12H,8H2,1-5H3;1H. The molecular weight excluding hydrogens is 382 g/mol. The molecule has 0 aliphatic heterocycles. The molecule has 0 atom stereocenters. The van der Waals surface area contributed by atoms with Crippen LogP contribution in [-0.2, 0) is 6.42 Å². The van der Waals surface area contributed by atoms with Crippen LogP contribution in [0, 0.1) is 0 Å². The fourth-order valence-corrected chi connectivity index (χ4v) is 3.05. The van der Waals surface area contributed by atoms with Crippen molar-refractivity contribution in [3.05, 3.63) is 47.7 Å². The van der Waals surface area contributed by atoms with E-state index in [9.17, 15) is 0 Å². The summed E-state index contributed by atoms with van der Waals surface area (Å²) in [4.78, 5) is 4.65. The highest BCUT2D eigenvalue weighted by Gasteiger charge is 2.14. The van der Waals surface area contributed by atoms with E-state index in [0.29, 0.717) is 35.3 Å². The van der Waals surface area contributed by atoms with Crippen molar-refractivity contribution in [2.24, 2.45) is 0 Å². The van der Waals surface area contributed by atoms with E-state index >= 15 is 0 Å². The number of benzene rings is 2. The van der Waals surface area contributed by atoms with Gasteiger partial charge in [-0.05, 0) is 35.2 Å². The quantitative estimate of drug-likeness (QED) is 0.584. The third-order valence-corrected chi connectivity index (χ3v) is 4.42. The number of halogens is 1. The predicted octanol–water partition coefficient (Wildman–Crippen LogP) is 4.29. The number of fused-ring (bicyclic) bond motifs is 1. The second kappa shape index (κ2) is 9.37. The lowest BCUT2D eigenvalue weighted by molar-refractivity contribution is 0.354. The van der Waals surface area contributed by atoms with E-state index in [1.54, 1.807) is 35.5 Å². The molecule has 2 aromatic carbocycles. The summed E-state index contributed by atoms with van der Waals surface area (Å²) < 4.78 is 27.0. The molecule has 7 heteroatoms. The number of nitrogens with zero attached hydrogens (tertiary/aromatic N) is 1. The maximum Gasteiger partial charge on any atom is 0.213 e. The molecule has 0 saturated carbocycles. The van der Waals surface area contributed by atoms with Crippen molar-refractivity contribution in [2.75, 3.05) is 35.5 Å². The molecule has 3 aromatic rings. The molecule has 0 aliphatic carbocycles. The first-order valence-corrected chi connectivity index (χ1v) is 8.44. The fourth-order valence-electron chi connectivity index (χ4n) is 3.05. The van der Waals surface area contributed by atoms with Gasteiger partial charge in [-0.1, -0.05) is 6.07 Å². The SMILES string of the molecule is COc1cc2cc(OC)c(OC)cc2c(Cc2ccc(OC)c(OC)c2)n1.Cl. The lowest BCUT2D eigenvalue weighted by atomic mass is 10.0. The number of ether oxygens (including phenoxy) is 5. The number of hydrogen-bond donors (Lipinski definition) is 0. The molecule has 150 valence electrons. The minimum atomic E-state index is 0. The van der Waals surface area contributed by atoms with Crippen LogP contribution in [0.1, 0.15) is 11.3 Å². The Bertz CT molecular complexity index is 961. The van der Waals surface area contributed by atoms with Gasteiger partial charge in [-0.15, -0.1) is 12.4 Å². The molecule has 1 aromatic heterocycles. The highest BCUT2D eigenvalue weighted by molar-refractivity contribution is 5.89. The smallest absolute Gasteiger partial charge is 0.213 e. The van der Waals surface area contributed by atoms with Crippen LogP contribution < -0.4 is 23.7 Å². The van der Waals surface area contributed by atoms with Gasteiger partial charge >= 0.3 is 0 Å². The fraction of sp³-hybridized carbons (Fsp3) is 0.286. The molecule has 1 heterocycles. The number of rotatable bonds is 7. The maximum absolute atomic E-state index is 5.45. The van der Waals surface area contributed by atoms with Crippen molar-refractivity contribution in [2.45, 2.75) is 6.42 Å². The molecule has 3 rings (SSSR count). The van der Waals surface area contributed by atoms with Gasteiger partial charge < -0.3 is 23.7 Å². The highest BCUT2D eigenvalue weighted by Crippen LogP contribution is 2.36. The van der Waals surface area contributed by atoms with Crippen LogP contribution in [-0.4, -0.2) is 40.5 Å². The summed E-state index contributed by atoms with van der Waals surface area (Å²) in [5.41, 5.74) is 1.92. The Morgan fingerprint density at radius 2 is 1.29 bits per heavy atom. The Labute approximate surface area is 170 Å². The maximum atomic E-state index is 5.45. The minimum Gasteiger partial charge on any atom is -0.493 e. The first-order chi connectivity index (χ1) is 13.1.